The Morgan fingerprint density at radius 1 is 1.04 bits per heavy atom. The third kappa shape index (κ3) is 3.11. The summed E-state index contributed by atoms with van der Waals surface area (Å²) in [5.41, 5.74) is 2.14. The zero-order valence-corrected chi connectivity index (χ0v) is 14.3. The zero-order valence-electron chi connectivity index (χ0n) is 13.5. The molecule has 1 aromatic carbocycles. The van der Waals surface area contributed by atoms with Gasteiger partial charge in [0, 0.05) is 24.6 Å². The van der Waals surface area contributed by atoms with E-state index in [9.17, 15) is 4.79 Å². The topological polar surface area (TPSA) is 38.8 Å². The van der Waals surface area contributed by atoms with E-state index in [1.165, 1.54) is 11.3 Å². The number of amides is 1. The fourth-order valence-electron chi connectivity index (χ4n) is 3.49. The number of thiophene rings is 1. The maximum Gasteiger partial charge on any atom is 0.264 e. The molecule has 5 heteroatoms. The third-order valence-electron chi connectivity index (χ3n) is 4.80. The predicted octanol–water partition coefficient (Wildman–Crippen LogP) is 3.64. The minimum atomic E-state index is -0.0659. The van der Waals surface area contributed by atoms with E-state index in [1.54, 1.807) is 0 Å². The molecule has 0 aliphatic carbocycles. The van der Waals surface area contributed by atoms with Gasteiger partial charge in [0.2, 0.25) is 0 Å². The number of hydrogen-bond acceptors (Lipinski definition) is 4. The van der Waals surface area contributed by atoms with Gasteiger partial charge in [0.25, 0.3) is 5.91 Å². The van der Waals surface area contributed by atoms with Crippen molar-refractivity contribution >= 4 is 17.2 Å². The number of hydrogen-bond donors (Lipinski definition) is 0. The van der Waals surface area contributed by atoms with Crippen LogP contribution in [0.5, 0.6) is 0 Å². The van der Waals surface area contributed by atoms with Gasteiger partial charge in [-0.1, -0.05) is 30.3 Å². The lowest BCUT2D eigenvalue weighted by Gasteiger charge is -2.33. The summed E-state index contributed by atoms with van der Waals surface area (Å²) in [6, 6.07) is 12.2. The molecule has 0 atom stereocenters. The van der Waals surface area contributed by atoms with Gasteiger partial charge in [-0.25, -0.2) is 0 Å². The quantitative estimate of drug-likeness (QED) is 0.854. The highest BCUT2D eigenvalue weighted by Gasteiger charge is 2.32. The zero-order chi connectivity index (χ0) is 16.4. The van der Waals surface area contributed by atoms with Crippen LogP contribution in [0.1, 0.15) is 22.5 Å². The van der Waals surface area contributed by atoms with Gasteiger partial charge in [0.1, 0.15) is 0 Å². The summed E-state index contributed by atoms with van der Waals surface area (Å²) in [5.74, 6) is 0.559. The summed E-state index contributed by atoms with van der Waals surface area (Å²) in [7, 11) is 0. The average molecular weight is 343 g/mol. The first-order valence-electron chi connectivity index (χ1n) is 8.48. The summed E-state index contributed by atoms with van der Waals surface area (Å²) in [6.45, 7) is 2.94. The average Bonchev–Trinajstić information content (AvgIpc) is 3.34. The Balaban J connectivity index is 1.45. The maximum atomic E-state index is 13.0. The van der Waals surface area contributed by atoms with E-state index in [2.05, 4.69) is 12.1 Å². The summed E-state index contributed by atoms with van der Waals surface area (Å²) in [4.78, 5) is 15.8. The van der Waals surface area contributed by atoms with Crippen LogP contribution >= 0.6 is 11.3 Å². The molecule has 24 heavy (non-hydrogen) atoms. The number of nitrogens with zero attached hydrogens (tertiary/aromatic N) is 1. The molecular weight excluding hydrogens is 322 g/mol. The van der Waals surface area contributed by atoms with Crippen LogP contribution in [0.4, 0.5) is 0 Å². The van der Waals surface area contributed by atoms with Crippen molar-refractivity contribution in [3.63, 3.8) is 0 Å². The molecule has 126 valence electrons. The summed E-state index contributed by atoms with van der Waals surface area (Å²) < 4.78 is 11.2. The van der Waals surface area contributed by atoms with Crippen LogP contribution in [0, 0.1) is 5.92 Å². The van der Waals surface area contributed by atoms with Crippen molar-refractivity contribution in [3.05, 3.63) is 46.7 Å². The molecular formula is C19H21NO3S. The van der Waals surface area contributed by atoms with E-state index < -0.39 is 0 Å². The Hall–Kier alpha value is -1.69. The SMILES string of the molecule is O=C(c1sccc1-c1ccccc1)N1CCC(C2OCCO2)CC1. The normalized spacial score (nSPS) is 19.8. The van der Waals surface area contributed by atoms with Gasteiger partial charge in [-0.2, -0.15) is 0 Å². The lowest BCUT2D eigenvalue weighted by atomic mass is 9.95. The van der Waals surface area contributed by atoms with Gasteiger partial charge in [-0.15, -0.1) is 11.3 Å². The van der Waals surface area contributed by atoms with Crippen molar-refractivity contribution in [2.75, 3.05) is 26.3 Å². The Kier molecular flexibility index (Phi) is 4.65. The molecule has 2 aromatic rings. The number of likely N-dealkylation sites (tertiary alicyclic amines) is 1. The first-order valence-corrected chi connectivity index (χ1v) is 9.36. The number of ether oxygens (including phenoxy) is 2. The molecule has 0 unspecified atom stereocenters. The van der Waals surface area contributed by atoms with Crippen molar-refractivity contribution in [2.45, 2.75) is 19.1 Å². The molecule has 0 N–H and O–H groups in total. The van der Waals surface area contributed by atoms with Gasteiger partial charge in [0.05, 0.1) is 18.1 Å². The molecule has 2 saturated heterocycles. The summed E-state index contributed by atoms with van der Waals surface area (Å²) in [5, 5.41) is 2.00. The molecule has 1 aromatic heterocycles. The van der Waals surface area contributed by atoms with Gasteiger partial charge >= 0.3 is 0 Å². The molecule has 1 amide bonds. The molecule has 0 spiro atoms. The molecule has 3 heterocycles. The van der Waals surface area contributed by atoms with Crippen molar-refractivity contribution in [1.29, 1.82) is 0 Å². The molecule has 2 fully saturated rings. The molecule has 0 bridgehead atoms. The number of carbonyl (C=O) groups excluding carboxylic acids is 1. The van der Waals surface area contributed by atoms with E-state index in [-0.39, 0.29) is 12.2 Å². The Morgan fingerprint density at radius 3 is 2.46 bits per heavy atom. The lowest BCUT2D eigenvalue weighted by molar-refractivity contribution is -0.0955. The van der Waals surface area contributed by atoms with Crippen LogP contribution in [-0.4, -0.2) is 43.4 Å². The molecule has 0 saturated carbocycles. The second kappa shape index (κ2) is 7.05. The number of rotatable bonds is 3. The standard InChI is InChI=1S/C19H21NO3S/c21-18(17-16(8-13-24-17)14-4-2-1-3-5-14)20-9-6-15(7-10-20)19-22-11-12-23-19/h1-5,8,13,15,19H,6-7,9-12H2. The van der Waals surface area contributed by atoms with E-state index in [0.29, 0.717) is 19.1 Å². The molecule has 2 aliphatic heterocycles. The van der Waals surface area contributed by atoms with E-state index in [1.807, 2.05) is 34.5 Å². The highest BCUT2D eigenvalue weighted by molar-refractivity contribution is 7.12. The van der Waals surface area contributed by atoms with Crippen LogP contribution < -0.4 is 0 Å². The van der Waals surface area contributed by atoms with Crippen molar-refractivity contribution in [3.8, 4) is 11.1 Å². The largest absolute Gasteiger partial charge is 0.350 e. The first kappa shape index (κ1) is 15.8. The van der Waals surface area contributed by atoms with Crippen LogP contribution in [0.3, 0.4) is 0 Å². The first-order chi connectivity index (χ1) is 11.8. The van der Waals surface area contributed by atoms with Crippen LogP contribution in [-0.2, 0) is 9.47 Å². The fourth-order valence-corrected chi connectivity index (χ4v) is 4.37. The summed E-state index contributed by atoms with van der Waals surface area (Å²) >= 11 is 1.53. The van der Waals surface area contributed by atoms with Crippen LogP contribution in [0.2, 0.25) is 0 Å². The summed E-state index contributed by atoms with van der Waals surface area (Å²) in [6.07, 6.45) is 1.83. The van der Waals surface area contributed by atoms with E-state index in [0.717, 1.165) is 41.9 Å². The maximum absolute atomic E-state index is 13.0. The predicted molar refractivity (Wildman–Crippen MR) is 94.1 cm³/mol. The van der Waals surface area contributed by atoms with Crippen LogP contribution in [0.25, 0.3) is 11.1 Å². The lowest BCUT2D eigenvalue weighted by Crippen LogP contribution is -2.41. The van der Waals surface area contributed by atoms with E-state index in [4.69, 9.17) is 9.47 Å². The number of piperidine rings is 1. The van der Waals surface area contributed by atoms with Gasteiger partial charge in [-0.05, 0) is 29.9 Å². The van der Waals surface area contributed by atoms with Gasteiger partial charge in [-0.3, -0.25) is 4.79 Å². The van der Waals surface area contributed by atoms with Crippen molar-refractivity contribution < 1.29 is 14.3 Å². The van der Waals surface area contributed by atoms with Crippen molar-refractivity contribution in [1.82, 2.24) is 4.90 Å². The minimum absolute atomic E-state index is 0.0659. The Morgan fingerprint density at radius 2 is 1.75 bits per heavy atom. The third-order valence-corrected chi connectivity index (χ3v) is 5.71. The second-order valence-electron chi connectivity index (χ2n) is 6.27. The molecule has 2 aliphatic rings. The molecule has 4 rings (SSSR count). The fraction of sp³-hybridized carbons (Fsp3) is 0.421. The minimum Gasteiger partial charge on any atom is -0.350 e. The Bertz CT molecular complexity index is 686. The van der Waals surface area contributed by atoms with Crippen molar-refractivity contribution in [2.24, 2.45) is 5.92 Å². The van der Waals surface area contributed by atoms with Gasteiger partial charge < -0.3 is 14.4 Å². The monoisotopic (exact) mass is 343 g/mol. The Labute approximate surface area is 146 Å². The van der Waals surface area contributed by atoms with E-state index >= 15 is 0 Å². The van der Waals surface area contributed by atoms with Crippen LogP contribution in [0.15, 0.2) is 41.8 Å². The molecule has 4 nitrogen and oxygen atoms in total. The smallest absolute Gasteiger partial charge is 0.264 e. The van der Waals surface area contributed by atoms with Gasteiger partial charge in [0.15, 0.2) is 6.29 Å². The second-order valence-corrected chi connectivity index (χ2v) is 7.19. The highest BCUT2D eigenvalue weighted by atomic mass is 32.1. The number of benzene rings is 1. The highest BCUT2D eigenvalue weighted by Crippen LogP contribution is 2.31. The number of carbonyl (C=O) groups is 1. The molecule has 0 radical (unpaired) electrons.